The van der Waals surface area contributed by atoms with Gasteiger partial charge in [-0.3, -0.25) is 0 Å². The van der Waals surface area contributed by atoms with E-state index in [1.807, 2.05) is 0 Å². The Balaban J connectivity index is 0.000000963. The molecule has 0 atom stereocenters. The Morgan fingerprint density at radius 3 is 2.56 bits per heavy atom. The molecule has 0 bridgehead atoms. The van der Waals surface area contributed by atoms with Gasteiger partial charge in [0.1, 0.15) is 0 Å². The molecule has 0 nitrogen and oxygen atoms in total. The van der Waals surface area contributed by atoms with Crippen LogP contribution in [0.25, 0.3) is 11.1 Å². The van der Waals surface area contributed by atoms with E-state index >= 15 is 0 Å². The third kappa shape index (κ3) is 1.82. The van der Waals surface area contributed by atoms with Crippen molar-refractivity contribution in [2.75, 3.05) is 0 Å². The quantitative estimate of drug-likeness (QED) is 0.418. The van der Waals surface area contributed by atoms with E-state index in [0.717, 1.165) is 6.42 Å². The minimum atomic E-state index is 0. The van der Waals surface area contributed by atoms with Gasteiger partial charge in [0.15, 0.2) is 0 Å². The zero-order valence-corrected chi connectivity index (χ0v) is 13.2. The first-order valence-corrected chi connectivity index (χ1v) is 5.36. The maximum Gasteiger partial charge on any atom is 0 e. The molecule has 1 heteroatoms. The Morgan fingerprint density at radius 1 is 1.00 bits per heavy atom. The van der Waals surface area contributed by atoms with E-state index in [0.29, 0.717) is 0 Å². The molecule has 0 amide bonds. The molecule has 0 saturated heterocycles. The fraction of sp³-hybridized carbons (Fsp3) is 0.200. The standard InChI is InChI=1S/C15H13.Hf/c1-10-3-5-14-12(7-10)9-13-8-11(2)4-6-15(13)14;/h3-7H,9H2,1-2H3;/q-1;. The van der Waals surface area contributed by atoms with E-state index < -0.39 is 0 Å². The normalized spacial score (nSPS) is 11.6. The first kappa shape index (κ1) is 11.8. The fourth-order valence-electron chi connectivity index (χ4n) is 2.37. The summed E-state index contributed by atoms with van der Waals surface area (Å²) in [5.41, 5.74) is 8.15. The van der Waals surface area contributed by atoms with Crippen molar-refractivity contribution in [3.05, 3.63) is 58.7 Å². The van der Waals surface area contributed by atoms with Gasteiger partial charge < -0.3 is 0 Å². The van der Waals surface area contributed by atoms with Crippen LogP contribution in [0.4, 0.5) is 0 Å². The van der Waals surface area contributed by atoms with Crippen molar-refractivity contribution in [2.45, 2.75) is 20.3 Å². The van der Waals surface area contributed by atoms with Crippen LogP contribution >= 0.6 is 0 Å². The molecule has 0 saturated carbocycles. The van der Waals surface area contributed by atoms with Crippen LogP contribution < -0.4 is 0 Å². The van der Waals surface area contributed by atoms with Crippen molar-refractivity contribution >= 4 is 0 Å². The maximum atomic E-state index is 3.45. The summed E-state index contributed by atoms with van der Waals surface area (Å²) in [6, 6.07) is 14.5. The zero-order valence-electron chi connectivity index (χ0n) is 9.59. The summed E-state index contributed by atoms with van der Waals surface area (Å²) < 4.78 is 0. The Hall–Kier alpha value is -0.690. The van der Waals surface area contributed by atoms with Crippen molar-refractivity contribution in [3.8, 4) is 11.1 Å². The molecular formula is C15H13Hf-. The second-order valence-electron chi connectivity index (χ2n) is 4.37. The second kappa shape index (κ2) is 4.29. The molecule has 0 unspecified atom stereocenters. The number of aryl methyl sites for hydroxylation is 2. The topological polar surface area (TPSA) is 0 Å². The first-order chi connectivity index (χ1) is 7.24. The summed E-state index contributed by atoms with van der Waals surface area (Å²) in [4.78, 5) is 0. The van der Waals surface area contributed by atoms with Crippen LogP contribution in [0, 0.1) is 19.9 Å². The van der Waals surface area contributed by atoms with Crippen LogP contribution in [-0.2, 0) is 32.3 Å². The van der Waals surface area contributed by atoms with Crippen LogP contribution in [0.2, 0.25) is 0 Å². The van der Waals surface area contributed by atoms with Gasteiger partial charge in [-0.05, 0) is 18.9 Å². The Labute approximate surface area is 115 Å². The van der Waals surface area contributed by atoms with E-state index in [4.69, 9.17) is 0 Å². The molecule has 0 aliphatic heterocycles. The largest absolute Gasteiger partial charge is 0.176 e. The average molecular weight is 372 g/mol. The molecular weight excluding hydrogens is 359 g/mol. The summed E-state index contributed by atoms with van der Waals surface area (Å²) in [6.45, 7) is 4.26. The molecule has 2 aromatic rings. The van der Waals surface area contributed by atoms with Crippen LogP contribution in [0.5, 0.6) is 0 Å². The Morgan fingerprint density at radius 2 is 1.75 bits per heavy atom. The predicted molar refractivity (Wildman–Crippen MR) is 63.0 cm³/mol. The molecule has 1 aliphatic carbocycles. The molecule has 0 N–H and O–H groups in total. The zero-order chi connectivity index (χ0) is 10.4. The van der Waals surface area contributed by atoms with Gasteiger partial charge >= 0.3 is 0 Å². The summed E-state index contributed by atoms with van der Waals surface area (Å²) in [6.07, 6.45) is 1.05. The molecule has 0 radical (unpaired) electrons. The third-order valence-corrected chi connectivity index (χ3v) is 3.09. The third-order valence-electron chi connectivity index (χ3n) is 3.09. The van der Waals surface area contributed by atoms with Crippen LogP contribution in [0.3, 0.4) is 0 Å². The molecule has 0 aromatic heterocycles. The van der Waals surface area contributed by atoms with E-state index in [1.165, 1.54) is 33.4 Å². The first-order valence-electron chi connectivity index (χ1n) is 5.36. The summed E-state index contributed by atoms with van der Waals surface area (Å²) in [5, 5.41) is 0. The van der Waals surface area contributed by atoms with Gasteiger partial charge in [-0.25, -0.2) is 0 Å². The van der Waals surface area contributed by atoms with Crippen molar-refractivity contribution in [2.24, 2.45) is 0 Å². The average Bonchev–Trinajstić information content (AvgIpc) is 2.53. The van der Waals surface area contributed by atoms with E-state index in [2.05, 4.69) is 50.2 Å². The predicted octanol–water partition coefficient (Wildman–Crippen LogP) is 3.67. The summed E-state index contributed by atoms with van der Waals surface area (Å²) >= 11 is 0. The molecule has 16 heavy (non-hydrogen) atoms. The van der Waals surface area contributed by atoms with E-state index in [9.17, 15) is 0 Å². The van der Waals surface area contributed by atoms with Crippen LogP contribution in [-0.4, -0.2) is 0 Å². The van der Waals surface area contributed by atoms with E-state index in [1.54, 1.807) is 0 Å². The van der Waals surface area contributed by atoms with Crippen molar-refractivity contribution in [1.29, 1.82) is 0 Å². The van der Waals surface area contributed by atoms with Crippen LogP contribution in [0.1, 0.15) is 22.3 Å². The van der Waals surface area contributed by atoms with Gasteiger partial charge in [0.25, 0.3) is 0 Å². The number of hydrogen-bond acceptors (Lipinski definition) is 0. The van der Waals surface area contributed by atoms with Gasteiger partial charge in [0.2, 0.25) is 0 Å². The minimum Gasteiger partial charge on any atom is -0.176 e. The summed E-state index contributed by atoms with van der Waals surface area (Å²) in [7, 11) is 0. The maximum absolute atomic E-state index is 3.45. The SMILES string of the molecule is Cc1[c-]c2c(cc1)-c1ccc(C)cc1C2.[Hf]. The molecule has 0 fully saturated rings. The fourth-order valence-corrected chi connectivity index (χ4v) is 2.37. The number of fused-ring (bicyclic) bond motifs is 3. The Bertz CT molecular complexity index is 492. The minimum absolute atomic E-state index is 0. The molecule has 3 rings (SSSR count). The van der Waals surface area contributed by atoms with Crippen molar-refractivity contribution in [3.63, 3.8) is 0 Å². The second-order valence-corrected chi connectivity index (χ2v) is 4.37. The summed E-state index contributed by atoms with van der Waals surface area (Å²) in [5.74, 6) is 0. The monoisotopic (exact) mass is 373 g/mol. The molecule has 0 spiro atoms. The smallest absolute Gasteiger partial charge is 0 e. The van der Waals surface area contributed by atoms with Gasteiger partial charge in [-0.15, -0.1) is 11.1 Å². The molecule has 0 heterocycles. The Kier molecular flexibility index (Phi) is 3.16. The van der Waals surface area contributed by atoms with Gasteiger partial charge in [-0.2, -0.15) is 23.8 Å². The molecule has 78 valence electrons. The van der Waals surface area contributed by atoms with E-state index in [-0.39, 0.29) is 25.8 Å². The van der Waals surface area contributed by atoms with Crippen molar-refractivity contribution in [1.82, 2.24) is 0 Å². The van der Waals surface area contributed by atoms with Gasteiger partial charge in [0, 0.05) is 25.8 Å². The van der Waals surface area contributed by atoms with Crippen LogP contribution in [0.15, 0.2) is 30.3 Å². The number of benzene rings is 2. The number of rotatable bonds is 0. The molecule has 1 aliphatic rings. The number of hydrogen-bond donors (Lipinski definition) is 0. The van der Waals surface area contributed by atoms with Gasteiger partial charge in [-0.1, -0.05) is 36.2 Å². The molecule has 2 aromatic carbocycles. The van der Waals surface area contributed by atoms with Crippen molar-refractivity contribution < 1.29 is 25.8 Å². The van der Waals surface area contributed by atoms with Gasteiger partial charge in [0.05, 0.1) is 0 Å².